The third-order valence-corrected chi connectivity index (χ3v) is 18.9. The molecule has 5 aromatic heterocycles. The van der Waals surface area contributed by atoms with Gasteiger partial charge in [0.25, 0.3) is 0 Å². The predicted octanol–water partition coefficient (Wildman–Crippen LogP) is 8.07. The number of nitrogens with one attached hydrogen (secondary N) is 1. The second-order valence-electron chi connectivity index (χ2n) is 23.6. The van der Waals surface area contributed by atoms with Gasteiger partial charge >= 0.3 is 0 Å². The highest BCUT2D eigenvalue weighted by Gasteiger charge is 2.56. The van der Waals surface area contributed by atoms with E-state index in [2.05, 4.69) is 79.7 Å². The van der Waals surface area contributed by atoms with Gasteiger partial charge in [0.05, 0.1) is 52.5 Å². The third kappa shape index (κ3) is 8.56. The van der Waals surface area contributed by atoms with Crippen molar-refractivity contribution in [1.29, 1.82) is 10.5 Å². The second kappa shape index (κ2) is 19.9. The van der Waals surface area contributed by atoms with E-state index in [1.165, 1.54) is 48.0 Å². The van der Waals surface area contributed by atoms with Gasteiger partial charge in [-0.3, -0.25) is 28.3 Å². The molecule has 0 amide bonds. The van der Waals surface area contributed by atoms with E-state index >= 15 is 0 Å². The number of Topliss-reactive ketones (excluding diaryl/α,β-unsaturated/α-hetero) is 2. The van der Waals surface area contributed by atoms with Gasteiger partial charge < -0.3 is 19.9 Å². The number of hydroxylamine groups is 1. The Kier molecular flexibility index (Phi) is 14.1. The van der Waals surface area contributed by atoms with E-state index in [-0.39, 0.29) is 62.7 Å². The minimum atomic E-state index is -0.269. The van der Waals surface area contributed by atoms with Gasteiger partial charge in [-0.1, -0.05) is 74.0 Å². The summed E-state index contributed by atoms with van der Waals surface area (Å²) in [6.45, 7) is 17.0. The van der Waals surface area contributed by atoms with E-state index in [0.717, 1.165) is 61.2 Å². The number of nitrogens with zero attached hydrogens (tertiary/aromatic N) is 11. The molecule has 4 N–H and O–H groups in total. The zero-order chi connectivity index (χ0) is 56.4. The average molecular weight is 1040 g/mol. The Balaban J connectivity index is 0.000000132. The van der Waals surface area contributed by atoms with E-state index in [9.17, 15) is 25.1 Å². The Morgan fingerprint density at radius 1 is 0.671 bits per heavy atom. The number of aliphatic hydroxyl groups excluding tert-OH is 2. The molecule has 0 aliphatic heterocycles. The van der Waals surface area contributed by atoms with Crippen LogP contribution < -0.4 is 5.48 Å². The number of nitriles is 2. The summed E-state index contributed by atoms with van der Waals surface area (Å²) in [7, 11) is 10.5. The van der Waals surface area contributed by atoms with Crippen molar-refractivity contribution in [3.8, 4) is 12.1 Å². The van der Waals surface area contributed by atoms with Gasteiger partial charge in [-0.15, -0.1) is 0 Å². The van der Waals surface area contributed by atoms with Gasteiger partial charge in [0.15, 0.2) is 11.6 Å². The number of allylic oxidation sites excluding steroid dienone is 5. The number of hydrogen-bond acceptors (Lipinski definition) is 14. The van der Waals surface area contributed by atoms with E-state index < -0.39 is 0 Å². The fraction of sp³-hybridized carbons (Fsp3) is 0.569. The summed E-state index contributed by atoms with van der Waals surface area (Å²) in [4.78, 5) is 24.2. The standard InChI is InChI=1S/2C14H17N3O.C14H15N3O.C14H18N2O2.CH5NO.CH4/c1-8-11-4-9-7-17(3)16-13(9)14(11,2)5-10-6-15-18-12(8)10;2*1-8-11-4-9-7-17(3)16-13(9)14(11,2)5-10(6-15)12(8)18;1-8-11-4-9-6-16(3)15-13(9)14(11,2)5-10(7-17)12(8)18;1-2-3;/h6-8,11H,4-5H2,1-3H3;7-8,11,18H,4-5H2,1-3H3;5,7-8,11H,4H2,1-3H3;6-8,11,17H,4-5H2,1-3H3;2-3H,1H3;1H4/b;;;10-7-;;/t4*8-,11-,14-;;/m0000../s1/i;;;;;1T. The van der Waals surface area contributed by atoms with Crippen molar-refractivity contribution < 1.29 is 30.9 Å². The van der Waals surface area contributed by atoms with Crippen LogP contribution in [0.1, 0.15) is 139 Å². The number of ketones is 2. The summed E-state index contributed by atoms with van der Waals surface area (Å²) < 4.78 is 18.6. The molecule has 8 aliphatic carbocycles. The Bertz CT molecular complexity index is 3280. The van der Waals surface area contributed by atoms with E-state index in [4.69, 9.17) is 21.5 Å². The number of hydrogen-bond donors (Lipinski definition) is 4. The largest absolute Gasteiger partial charge is 0.515 e. The number of carbonyl (C=O) groups excluding carboxylic acids is 2. The first-order chi connectivity index (χ1) is 36.4. The zero-order valence-corrected chi connectivity index (χ0v) is 46.6. The third-order valence-electron chi connectivity index (χ3n) is 18.9. The van der Waals surface area contributed by atoms with Gasteiger partial charge in [-0.05, 0) is 90.9 Å². The maximum Gasteiger partial charge on any atom is 0.176 e. The number of aliphatic hydroxyl groups is 2. The Hall–Kier alpha value is -6.89. The summed E-state index contributed by atoms with van der Waals surface area (Å²) in [6, 6.07) is 4.19. The van der Waals surface area contributed by atoms with Crippen LogP contribution in [0.3, 0.4) is 0 Å². The Morgan fingerprint density at radius 3 is 1.58 bits per heavy atom. The first-order valence-corrected chi connectivity index (χ1v) is 26.2. The number of carbonyl (C=O) groups is 2. The Labute approximate surface area is 447 Å². The highest BCUT2D eigenvalue weighted by atomic mass is 16.5. The van der Waals surface area contributed by atoms with Crippen LogP contribution in [0.5, 0.6) is 0 Å². The average Bonchev–Trinajstić information content (AvgIpc) is 4.46. The van der Waals surface area contributed by atoms with Gasteiger partial charge in [-0.25, -0.2) is 5.48 Å². The SMILES string of the molecule is CNO.C[C@@H]1C(=O)/C(=C\O)C[C@]2(C)c3nn(C)cc3C[C@@H]12.C[C@@H]1C(=O)C(C#N)=C[C@]2(C)c3nn(C)cc3C[C@@H]12.C[C@@H]1C(O)=C(C#N)C[C@]2(C)c3nn(C)cc3C[C@@H]12.C[C@@H]1c2oncc2C[C@]2(C)c3nn(C)cc3C[C@@H]12.[3H]C. The highest BCUT2D eigenvalue weighted by Crippen LogP contribution is 2.57. The molecule has 1 fully saturated rings. The highest BCUT2D eigenvalue weighted by molar-refractivity contribution is 6.02. The van der Waals surface area contributed by atoms with Crippen molar-refractivity contribution in [2.75, 3.05) is 7.05 Å². The van der Waals surface area contributed by atoms with E-state index in [1.807, 2.05) is 92.2 Å². The van der Waals surface area contributed by atoms with Gasteiger partial charge in [0.2, 0.25) is 0 Å². The lowest BCUT2D eigenvalue weighted by Crippen LogP contribution is -2.43. The van der Waals surface area contributed by atoms with Crippen molar-refractivity contribution in [3.05, 3.63) is 122 Å². The quantitative estimate of drug-likeness (QED) is 0.0650. The number of rotatable bonds is 0. The minimum absolute atomic E-state index is 0.0190. The number of aromatic nitrogens is 9. The summed E-state index contributed by atoms with van der Waals surface area (Å²) in [5, 5.41) is 67.3. The topological polar surface area (TPSA) is 252 Å². The maximum absolute atomic E-state index is 12.1. The molecule has 0 unspecified atom stereocenters. The molecule has 76 heavy (non-hydrogen) atoms. The molecule has 13 rings (SSSR count). The van der Waals surface area contributed by atoms with Crippen LogP contribution in [0.2, 0.25) is 0 Å². The first kappa shape index (κ1) is 53.9. The lowest BCUT2D eigenvalue weighted by Gasteiger charge is -2.40. The monoisotopic (exact) mass is 1040 g/mol. The molecule has 12 atom stereocenters. The molecule has 0 radical (unpaired) electrons. The van der Waals surface area contributed by atoms with Crippen LogP contribution in [-0.4, -0.2) is 78.3 Å². The number of fused-ring (bicyclic) bond motifs is 13. The first-order valence-electron chi connectivity index (χ1n) is 27.2. The van der Waals surface area contributed by atoms with Crippen LogP contribution >= 0.6 is 0 Å². The minimum Gasteiger partial charge on any atom is -0.515 e. The molecule has 0 spiro atoms. The molecule has 0 bridgehead atoms. The molecule has 0 saturated heterocycles. The van der Waals surface area contributed by atoms with Gasteiger partial charge in [0.1, 0.15) is 17.6 Å². The van der Waals surface area contributed by atoms with Crippen molar-refractivity contribution >= 4 is 11.6 Å². The molecule has 5 aromatic rings. The molecule has 0 aromatic carbocycles. The summed E-state index contributed by atoms with van der Waals surface area (Å²) >= 11 is 0. The lowest BCUT2D eigenvalue weighted by molar-refractivity contribution is -0.123. The van der Waals surface area contributed by atoms with Crippen LogP contribution in [0.15, 0.2) is 70.3 Å². The predicted molar refractivity (Wildman–Crippen MR) is 284 cm³/mol. The van der Waals surface area contributed by atoms with Crippen LogP contribution in [-0.2, 0) is 91.5 Å². The molecule has 1 saturated carbocycles. The molecule has 18 heteroatoms. The summed E-state index contributed by atoms with van der Waals surface area (Å²) in [5.74, 6) is 3.28. The van der Waals surface area contributed by atoms with E-state index in [1.54, 1.807) is 5.48 Å². The van der Waals surface area contributed by atoms with Crippen molar-refractivity contribution in [2.24, 2.45) is 69.6 Å². The van der Waals surface area contributed by atoms with Crippen LogP contribution in [0.25, 0.3) is 0 Å². The fourth-order valence-electron chi connectivity index (χ4n) is 15.2. The number of aryl methyl sites for hydroxylation is 4. The summed E-state index contributed by atoms with van der Waals surface area (Å²) in [6.07, 6.45) is 19.1. The Morgan fingerprint density at radius 2 is 1.09 bits per heavy atom. The fourth-order valence-corrected chi connectivity index (χ4v) is 15.2. The molecule has 404 valence electrons. The molecular formula is C58H76N12O6. The van der Waals surface area contributed by atoms with Gasteiger partial charge in [0, 0.05) is 118 Å². The molecule has 5 heterocycles. The van der Waals surface area contributed by atoms with Crippen LogP contribution in [0.4, 0.5) is 0 Å². The van der Waals surface area contributed by atoms with E-state index in [0.29, 0.717) is 53.2 Å². The zero-order valence-electron chi connectivity index (χ0n) is 47.6. The van der Waals surface area contributed by atoms with Crippen molar-refractivity contribution in [3.63, 3.8) is 0 Å². The van der Waals surface area contributed by atoms with Crippen LogP contribution in [0, 0.1) is 64.1 Å². The molecule has 8 aliphatic rings. The summed E-state index contributed by atoms with van der Waals surface area (Å²) in [5.41, 5.74) is 13.7. The second-order valence-corrected chi connectivity index (χ2v) is 23.6. The smallest absolute Gasteiger partial charge is 0.176 e. The maximum atomic E-state index is 12.1. The van der Waals surface area contributed by atoms with Crippen molar-refractivity contribution in [1.82, 2.24) is 49.8 Å². The lowest BCUT2D eigenvalue weighted by atomic mass is 9.62. The molecule has 18 nitrogen and oxygen atoms in total. The van der Waals surface area contributed by atoms with Crippen molar-refractivity contribution in [2.45, 2.75) is 135 Å². The normalized spacial score (nSPS) is 32.9. The van der Waals surface area contributed by atoms with Gasteiger partial charge in [-0.2, -0.15) is 30.9 Å². The molecular weight excluding hydrogens is 961 g/mol.